The second-order valence-electron chi connectivity index (χ2n) is 21.1. The van der Waals surface area contributed by atoms with Gasteiger partial charge >= 0.3 is 5.97 Å². The minimum absolute atomic E-state index is 0.00522. The highest BCUT2D eigenvalue weighted by molar-refractivity contribution is 5.87. The number of esters is 1. The van der Waals surface area contributed by atoms with Crippen molar-refractivity contribution < 1.29 is 39.1 Å². The summed E-state index contributed by atoms with van der Waals surface area (Å²) in [4.78, 5) is 28.2. The maximum absolute atomic E-state index is 14.3. The largest absolute Gasteiger partial charge is 0.456 e. The maximum Gasteiger partial charge on any atom is 0.333 e. The lowest BCUT2D eigenvalue weighted by Crippen LogP contribution is -2.71. The first-order valence-corrected chi connectivity index (χ1v) is 23.7. The number of fused-ring (bicyclic) bond motifs is 6. The number of hydrogen-bond acceptors (Lipinski definition) is 12. The summed E-state index contributed by atoms with van der Waals surface area (Å²) in [5.41, 5.74) is 6.96. The lowest BCUT2D eigenvalue weighted by Gasteiger charge is -2.63. The van der Waals surface area contributed by atoms with Crippen LogP contribution in [-0.2, 0) is 23.8 Å². The average Bonchev–Trinajstić information content (AvgIpc) is 3.27. The fraction of sp³-hybridized carbons (Fsp3) is 0.872. The summed E-state index contributed by atoms with van der Waals surface area (Å²) in [7, 11) is 0. The SMILES string of the molecule is CC=C(C)C(=O)OC1CC2C(O)C3C(=O)CC(CO)OC3C3C4CC5CC(O)CCC5CCC(CC(CC5CNC6NC(C)C=CC6C5)C1(C)OC23)C1C(N)NCCC41. The normalized spacial score (nSPS) is 52.4. The molecule has 3 saturated carbocycles. The van der Waals surface area contributed by atoms with Crippen LogP contribution in [0.15, 0.2) is 23.8 Å². The number of aliphatic hydroxyl groups excluding tert-OH is 3. The van der Waals surface area contributed by atoms with Gasteiger partial charge < -0.3 is 45.9 Å². The Morgan fingerprint density at radius 1 is 0.966 bits per heavy atom. The molecule has 12 heteroatoms. The van der Waals surface area contributed by atoms with Crippen molar-refractivity contribution in [2.24, 2.45) is 76.7 Å². The molecule has 0 aromatic rings. The average molecular weight is 823 g/mol. The molecule has 0 amide bonds. The van der Waals surface area contributed by atoms with Crippen molar-refractivity contribution in [1.82, 2.24) is 16.0 Å². The number of aliphatic hydroxyl groups is 3. The van der Waals surface area contributed by atoms with E-state index in [-0.39, 0.29) is 78.7 Å². The molecular formula is C47H74N4O8. The van der Waals surface area contributed by atoms with Crippen molar-refractivity contribution in [1.29, 1.82) is 0 Å². The molecule has 0 spiro atoms. The van der Waals surface area contributed by atoms with E-state index < -0.39 is 48.0 Å². The van der Waals surface area contributed by atoms with Crippen molar-refractivity contribution in [3.63, 3.8) is 0 Å². The molecule has 0 aromatic heterocycles. The van der Waals surface area contributed by atoms with Gasteiger partial charge in [0.25, 0.3) is 0 Å². The van der Waals surface area contributed by atoms with Crippen LogP contribution in [-0.4, -0.2) is 107 Å². The number of nitrogens with one attached hydrogen (secondary N) is 3. The summed E-state index contributed by atoms with van der Waals surface area (Å²) in [6.45, 7) is 9.44. The molecule has 330 valence electrons. The van der Waals surface area contributed by atoms with Gasteiger partial charge in [-0.15, -0.1) is 0 Å². The molecule has 59 heavy (non-hydrogen) atoms. The van der Waals surface area contributed by atoms with E-state index in [9.17, 15) is 24.9 Å². The summed E-state index contributed by atoms with van der Waals surface area (Å²) in [5.74, 6) is 0.326. The van der Waals surface area contributed by atoms with Gasteiger partial charge in [-0.2, -0.15) is 0 Å². The Morgan fingerprint density at radius 3 is 2.56 bits per heavy atom. The van der Waals surface area contributed by atoms with Crippen LogP contribution >= 0.6 is 0 Å². The fourth-order valence-electron chi connectivity index (χ4n) is 14.9. The van der Waals surface area contributed by atoms with Crippen molar-refractivity contribution in [2.75, 3.05) is 19.7 Å². The van der Waals surface area contributed by atoms with Gasteiger partial charge in [0, 0.05) is 35.8 Å². The summed E-state index contributed by atoms with van der Waals surface area (Å²) < 4.78 is 21.4. The molecule has 8 N–H and O–H groups in total. The first-order chi connectivity index (χ1) is 28.4. The highest BCUT2D eigenvalue weighted by Crippen LogP contribution is 2.60. The number of ether oxygens (including phenoxy) is 3. The van der Waals surface area contributed by atoms with Crippen LogP contribution in [0.5, 0.6) is 0 Å². The van der Waals surface area contributed by atoms with E-state index in [1.165, 1.54) is 0 Å². The molecule has 3 aliphatic carbocycles. The monoisotopic (exact) mass is 823 g/mol. The molecular weight excluding hydrogens is 749 g/mol. The Kier molecular flexibility index (Phi) is 12.3. The standard InChI is InChI=1S/C47H74N4O8/c1-5-23(2)46(56)58-37-20-35-41(55)40-36(54)19-32(22-52)57-43(40)39-34-18-29-17-31(53)11-10-26(29)8-9-27(38-33(34)12-13-49-44(38)48)16-30(47(37,4)59-42(35)39)15-25-14-28-7-6-24(3)51-45(28)50-21-25/h5-7,24-35,37-45,49-53,55H,8-22,48H2,1-4H3. The molecule has 12 nitrogen and oxygen atoms in total. The highest BCUT2D eigenvalue weighted by Gasteiger charge is 2.66. The summed E-state index contributed by atoms with van der Waals surface area (Å²) >= 11 is 0. The van der Waals surface area contributed by atoms with Crippen LogP contribution in [0.2, 0.25) is 0 Å². The minimum atomic E-state index is -1.05. The number of piperidine rings is 2. The fourth-order valence-corrected chi connectivity index (χ4v) is 14.9. The number of carbonyl (C=O) groups is 2. The minimum Gasteiger partial charge on any atom is -0.456 e. The zero-order valence-electron chi connectivity index (χ0n) is 35.9. The molecule has 5 saturated heterocycles. The van der Waals surface area contributed by atoms with Crippen molar-refractivity contribution >= 4 is 11.8 Å². The number of allylic oxidation sites excluding steroid dienone is 1. The van der Waals surface area contributed by atoms with Gasteiger partial charge in [0.2, 0.25) is 0 Å². The van der Waals surface area contributed by atoms with Crippen LogP contribution in [0.1, 0.15) is 105 Å². The van der Waals surface area contributed by atoms with Gasteiger partial charge in [0.05, 0.1) is 55.4 Å². The molecule has 6 aliphatic heterocycles. The molecule has 0 aromatic carbocycles. The predicted octanol–water partition coefficient (Wildman–Crippen LogP) is 3.57. The Morgan fingerprint density at radius 2 is 1.76 bits per heavy atom. The van der Waals surface area contributed by atoms with Gasteiger partial charge in [-0.1, -0.05) is 18.2 Å². The second-order valence-corrected chi connectivity index (χ2v) is 21.1. The highest BCUT2D eigenvalue weighted by atomic mass is 16.6. The third-order valence-electron chi connectivity index (χ3n) is 17.9. The smallest absolute Gasteiger partial charge is 0.333 e. The van der Waals surface area contributed by atoms with Crippen LogP contribution in [0.3, 0.4) is 0 Å². The van der Waals surface area contributed by atoms with Gasteiger partial charge in [-0.3, -0.25) is 10.1 Å². The maximum atomic E-state index is 14.3. The molecule has 9 rings (SSSR count). The first kappa shape index (κ1) is 42.6. The van der Waals surface area contributed by atoms with Crippen LogP contribution < -0.4 is 21.7 Å². The van der Waals surface area contributed by atoms with E-state index in [4.69, 9.17) is 19.9 Å². The Labute approximate surface area is 351 Å². The molecule has 22 atom stereocenters. The lowest BCUT2D eigenvalue weighted by atomic mass is 9.52. The van der Waals surface area contributed by atoms with Gasteiger partial charge in [-0.05, 0) is 159 Å². The lowest BCUT2D eigenvalue weighted by molar-refractivity contribution is -0.308. The number of carbonyl (C=O) groups excluding carboxylic acids is 2. The third kappa shape index (κ3) is 7.85. The molecule has 8 fully saturated rings. The third-order valence-corrected chi connectivity index (χ3v) is 17.9. The summed E-state index contributed by atoms with van der Waals surface area (Å²) in [6, 6.07) is 0.326. The Balaban J connectivity index is 1.20. The van der Waals surface area contributed by atoms with E-state index in [1.54, 1.807) is 13.0 Å². The van der Waals surface area contributed by atoms with Crippen LogP contribution in [0, 0.1) is 71.0 Å². The topological polar surface area (TPSA) is 185 Å². The number of rotatable bonds is 5. The van der Waals surface area contributed by atoms with E-state index in [0.717, 1.165) is 77.3 Å². The number of Topliss-reactive ketones (excluding diaryl/α,β-unsaturated/α-hetero) is 1. The van der Waals surface area contributed by atoms with Crippen LogP contribution in [0.25, 0.3) is 0 Å². The van der Waals surface area contributed by atoms with E-state index in [2.05, 4.69) is 41.9 Å². The molecule has 9 aliphatic rings. The number of nitrogens with two attached hydrogens (primary N) is 1. The van der Waals surface area contributed by atoms with E-state index >= 15 is 0 Å². The first-order valence-electron chi connectivity index (χ1n) is 23.7. The Hall–Kier alpha value is -1.74. The van der Waals surface area contributed by atoms with Crippen LogP contribution in [0.4, 0.5) is 0 Å². The number of ketones is 1. The Bertz CT molecular complexity index is 1610. The predicted molar refractivity (Wildman–Crippen MR) is 222 cm³/mol. The molecule has 6 heterocycles. The van der Waals surface area contributed by atoms with Crippen molar-refractivity contribution in [3.05, 3.63) is 23.8 Å². The quantitative estimate of drug-likeness (QED) is 0.122. The zero-order chi connectivity index (χ0) is 41.3. The van der Waals surface area contributed by atoms with E-state index in [0.29, 0.717) is 41.7 Å². The zero-order valence-corrected chi connectivity index (χ0v) is 35.9. The van der Waals surface area contributed by atoms with Gasteiger partial charge in [-0.25, -0.2) is 4.79 Å². The molecule has 4 bridgehead atoms. The van der Waals surface area contributed by atoms with Crippen molar-refractivity contribution in [2.45, 2.75) is 165 Å². The molecule has 0 radical (unpaired) electrons. The number of hydrogen-bond donors (Lipinski definition) is 7. The van der Waals surface area contributed by atoms with Gasteiger partial charge in [0.15, 0.2) is 0 Å². The van der Waals surface area contributed by atoms with E-state index in [1.807, 2.05) is 6.92 Å². The second kappa shape index (κ2) is 17.1. The summed E-state index contributed by atoms with van der Waals surface area (Å²) in [5, 5.41) is 45.5. The van der Waals surface area contributed by atoms with Crippen molar-refractivity contribution in [3.8, 4) is 0 Å². The summed E-state index contributed by atoms with van der Waals surface area (Å²) in [6.07, 6.45) is 12.6. The van der Waals surface area contributed by atoms with Gasteiger partial charge in [0.1, 0.15) is 17.5 Å². The molecule has 22 unspecified atom stereocenters.